The van der Waals surface area contributed by atoms with Crippen molar-refractivity contribution >= 4 is 22.8 Å². The van der Waals surface area contributed by atoms with Crippen LogP contribution in [0.1, 0.15) is 26.1 Å². The summed E-state index contributed by atoms with van der Waals surface area (Å²) in [7, 11) is 0. The summed E-state index contributed by atoms with van der Waals surface area (Å²) < 4.78 is 38.8. The molecule has 0 bridgehead atoms. The second-order valence-corrected chi connectivity index (χ2v) is 7.69. The average Bonchev–Trinajstić information content (AvgIpc) is 3.04. The van der Waals surface area contributed by atoms with Gasteiger partial charge >= 0.3 is 12.2 Å². The molecule has 162 valence electrons. The van der Waals surface area contributed by atoms with Gasteiger partial charge in [0.05, 0.1) is 24.0 Å². The molecule has 6 nitrogen and oxygen atoms in total. The van der Waals surface area contributed by atoms with E-state index in [4.69, 9.17) is 5.73 Å². The Balaban J connectivity index is 1.82. The Morgan fingerprint density at radius 1 is 1.23 bits per heavy atom. The maximum absolute atomic E-state index is 12.5. The van der Waals surface area contributed by atoms with Crippen molar-refractivity contribution in [1.82, 2.24) is 14.5 Å². The van der Waals surface area contributed by atoms with Gasteiger partial charge in [-0.05, 0) is 12.1 Å². The van der Waals surface area contributed by atoms with E-state index in [1.54, 1.807) is 6.07 Å². The second-order valence-electron chi connectivity index (χ2n) is 7.69. The van der Waals surface area contributed by atoms with Crippen LogP contribution in [0.3, 0.4) is 0 Å². The molecular formula is C21H26F3N5O. The number of carbonyl (C=O) groups excluding carboxylic acids is 1. The van der Waals surface area contributed by atoms with Crippen molar-refractivity contribution in [3.63, 3.8) is 0 Å². The van der Waals surface area contributed by atoms with Gasteiger partial charge in [-0.25, -0.2) is 14.3 Å². The van der Waals surface area contributed by atoms with Crippen molar-refractivity contribution in [3.8, 4) is 11.8 Å². The lowest BCUT2D eigenvalue weighted by atomic mass is 10.2. The van der Waals surface area contributed by atoms with Gasteiger partial charge in [0.1, 0.15) is 11.3 Å². The third kappa shape index (κ3) is 5.25. The molecule has 0 atom stereocenters. The maximum atomic E-state index is 12.5. The Labute approximate surface area is 173 Å². The number of piperazine rings is 1. The molecule has 1 fully saturated rings. The Bertz CT molecular complexity index is 963. The van der Waals surface area contributed by atoms with Gasteiger partial charge in [-0.3, -0.25) is 4.90 Å². The molecule has 1 aliphatic heterocycles. The zero-order valence-electron chi connectivity index (χ0n) is 17.2. The van der Waals surface area contributed by atoms with Gasteiger partial charge in [0.15, 0.2) is 0 Å². The summed E-state index contributed by atoms with van der Waals surface area (Å²) >= 11 is 0. The summed E-state index contributed by atoms with van der Waals surface area (Å²) in [6.07, 6.45) is -4.63. The summed E-state index contributed by atoms with van der Waals surface area (Å²) in [5.74, 6) is 6.79. The molecule has 0 saturated carbocycles. The molecule has 1 saturated heterocycles. The number of aromatic nitrogens is 2. The molecule has 3 rings (SSSR count). The van der Waals surface area contributed by atoms with Gasteiger partial charge < -0.3 is 10.6 Å². The number of halogens is 3. The minimum absolute atomic E-state index is 0.0104. The number of alkyl halides is 3. The first-order chi connectivity index (χ1) is 14.2. The number of para-hydroxylation sites is 1. The van der Waals surface area contributed by atoms with Gasteiger partial charge in [0, 0.05) is 38.6 Å². The lowest BCUT2D eigenvalue weighted by Gasteiger charge is -2.36. The number of imidazole rings is 1. The van der Waals surface area contributed by atoms with E-state index in [-0.39, 0.29) is 12.5 Å². The van der Waals surface area contributed by atoms with E-state index in [0.717, 1.165) is 5.69 Å². The van der Waals surface area contributed by atoms with Crippen molar-refractivity contribution in [3.05, 3.63) is 24.0 Å². The van der Waals surface area contributed by atoms with Crippen LogP contribution in [-0.2, 0) is 6.42 Å². The molecule has 1 aromatic carbocycles. The van der Waals surface area contributed by atoms with Crippen LogP contribution in [0.5, 0.6) is 0 Å². The van der Waals surface area contributed by atoms with E-state index >= 15 is 0 Å². The van der Waals surface area contributed by atoms with Crippen LogP contribution in [0.25, 0.3) is 11.0 Å². The summed E-state index contributed by atoms with van der Waals surface area (Å²) in [6, 6.07) is 4.91. The van der Waals surface area contributed by atoms with E-state index < -0.39 is 18.6 Å². The van der Waals surface area contributed by atoms with Crippen LogP contribution in [0.15, 0.2) is 18.2 Å². The Morgan fingerprint density at radius 2 is 1.93 bits per heavy atom. The third-order valence-corrected chi connectivity index (χ3v) is 5.02. The van der Waals surface area contributed by atoms with E-state index in [2.05, 4.69) is 21.7 Å². The molecular weight excluding hydrogens is 395 g/mol. The number of nitrogens with two attached hydrogens (primary N) is 1. The van der Waals surface area contributed by atoms with Crippen LogP contribution < -0.4 is 10.6 Å². The van der Waals surface area contributed by atoms with Gasteiger partial charge in [-0.1, -0.05) is 25.8 Å². The number of anilines is 1. The second kappa shape index (κ2) is 8.96. The third-order valence-electron chi connectivity index (χ3n) is 5.02. The number of nitrogens with zero attached hydrogens (tertiary/aromatic N) is 4. The SMILES string of the molecule is CC(C)C#CCc1nc2c(N3CCN(CCC(F)(F)F)CC3)cccc2n1C(N)=O. The highest BCUT2D eigenvalue weighted by Crippen LogP contribution is 2.28. The van der Waals surface area contributed by atoms with E-state index in [0.29, 0.717) is 49.5 Å². The average molecular weight is 421 g/mol. The van der Waals surface area contributed by atoms with Crippen molar-refractivity contribution in [2.75, 3.05) is 37.6 Å². The molecule has 2 N–H and O–H groups in total. The minimum Gasteiger partial charge on any atom is -0.367 e. The summed E-state index contributed by atoms with van der Waals surface area (Å²) in [5, 5.41) is 0. The Kier molecular flexibility index (Phi) is 6.56. The van der Waals surface area contributed by atoms with Crippen LogP contribution in [-0.4, -0.2) is 59.4 Å². The zero-order valence-corrected chi connectivity index (χ0v) is 17.2. The highest BCUT2D eigenvalue weighted by atomic mass is 19.4. The molecule has 1 amide bonds. The van der Waals surface area contributed by atoms with Gasteiger partial charge in [0.2, 0.25) is 0 Å². The lowest BCUT2D eigenvalue weighted by molar-refractivity contribution is -0.138. The summed E-state index contributed by atoms with van der Waals surface area (Å²) in [6.45, 7) is 6.22. The number of hydrogen-bond acceptors (Lipinski definition) is 4. The largest absolute Gasteiger partial charge is 0.390 e. The van der Waals surface area contributed by atoms with Crippen LogP contribution in [0, 0.1) is 17.8 Å². The molecule has 0 spiro atoms. The highest BCUT2D eigenvalue weighted by molar-refractivity contribution is 5.96. The smallest absolute Gasteiger partial charge is 0.367 e. The maximum Gasteiger partial charge on any atom is 0.390 e. The number of fused-ring (bicyclic) bond motifs is 1. The first-order valence-corrected chi connectivity index (χ1v) is 9.98. The first kappa shape index (κ1) is 22.0. The summed E-state index contributed by atoms with van der Waals surface area (Å²) in [4.78, 5) is 20.6. The van der Waals surface area contributed by atoms with Gasteiger partial charge in [0.25, 0.3) is 0 Å². The number of rotatable bonds is 4. The summed E-state index contributed by atoms with van der Waals surface area (Å²) in [5.41, 5.74) is 7.71. The van der Waals surface area contributed by atoms with Crippen molar-refractivity contribution < 1.29 is 18.0 Å². The number of amides is 1. The predicted molar refractivity (Wildman–Crippen MR) is 110 cm³/mol. The Hall–Kier alpha value is -2.73. The van der Waals surface area contributed by atoms with Crippen LogP contribution in [0.2, 0.25) is 0 Å². The number of carbonyl (C=O) groups is 1. The van der Waals surface area contributed by atoms with E-state index in [1.165, 1.54) is 4.57 Å². The Morgan fingerprint density at radius 3 is 2.53 bits per heavy atom. The van der Waals surface area contributed by atoms with E-state index in [9.17, 15) is 18.0 Å². The molecule has 0 aliphatic carbocycles. The zero-order chi connectivity index (χ0) is 21.9. The fraction of sp³-hybridized carbons (Fsp3) is 0.524. The predicted octanol–water partition coefficient (Wildman–Crippen LogP) is 3.24. The normalized spacial score (nSPS) is 15.5. The fourth-order valence-corrected chi connectivity index (χ4v) is 3.58. The molecule has 2 aromatic rings. The lowest BCUT2D eigenvalue weighted by Crippen LogP contribution is -2.47. The van der Waals surface area contributed by atoms with Crippen molar-refractivity contribution in [2.24, 2.45) is 11.7 Å². The topological polar surface area (TPSA) is 67.4 Å². The first-order valence-electron chi connectivity index (χ1n) is 9.98. The number of primary amides is 1. The highest BCUT2D eigenvalue weighted by Gasteiger charge is 2.29. The quantitative estimate of drug-likeness (QED) is 0.770. The fourth-order valence-electron chi connectivity index (χ4n) is 3.58. The van der Waals surface area contributed by atoms with Crippen molar-refractivity contribution in [1.29, 1.82) is 0 Å². The monoisotopic (exact) mass is 421 g/mol. The molecule has 30 heavy (non-hydrogen) atoms. The number of hydrogen-bond donors (Lipinski definition) is 1. The van der Waals surface area contributed by atoms with Crippen LogP contribution >= 0.6 is 0 Å². The van der Waals surface area contributed by atoms with Crippen LogP contribution in [0.4, 0.5) is 23.7 Å². The molecule has 1 aliphatic rings. The molecule has 2 heterocycles. The number of benzene rings is 1. The molecule has 1 aromatic heterocycles. The molecule has 9 heteroatoms. The standard InChI is InChI=1S/C21H26F3N5O/c1-15(2)5-3-8-18-26-19-16(6-4-7-17(19)29(18)20(25)30)28-13-11-27(12-14-28)10-9-21(22,23)24/h4,6-7,15H,8-14H2,1-2H3,(H2,25,30). The molecule has 0 unspecified atom stereocenters. The van der Waals surface area contributed by atoms with Gasteiger partial charge in [-0.2, -0.15) is 13.2 Å². The minimum atomic E-state index is -4.14. The van der Waals surface area contributed by atoms with Crippen molar-refractivity contribution in [2.45, 2.75) is 32.9 Å². The van der Waals surface area contributed by atoms with Gasteiger partial charge in [-0.15, -0.1) is 5.92 Å². The van der Waals surface area contributed by atoms with E-state index in [1.807, 2.05) is 30.9 Å². The molecule has 0 radical (unpaired) electrons.